The van der Waals surface area contributed by atoms with Crippen molar-refractivity contribution in [2.75, 3.05) is 20.1 Å². The van der Waals surface area contributed by atoms with Crippen molar-refractivity contribution in [1.82, 2.24) is 9.80 Å². The molecule has 0 aromatic carbocycles. The van der Waals surface area contributed by atoms with Gasteiger partial charge in [-0.3, -0.25) is 9.69 Å². The van der Waals surface area contributed by atoms with Gasteiger partial charge in [0.05, 0.1) is 6.04 Å². The average molecular weight is 379 g/mol. The van der Waals surface area contributed by atoms with Crippen LogP contribution in [-0.4, -0.2) is 59.0 Å². The van der Waals surface area contributed by atoms with Crippen LogP contribution in [0, 0.1) is 29.1 Å². The second kappa shape index (κ2) is 7.73. The zero-order valence-electron chi connectivity index (χ0n) is 17.8. The molecule has 5 heteroatoms. The summed E-state index contributed by atoms with van der Waals surface area (Å²) in [5.41, 5.74) is 0.0592. The van der Waals surface area contributed by atoms with E-state index in [0.717, 1.165) is 25.8 Å². The Balaban J connectivity index is 1.78. The van der Waals surface area contributed by atoms with Crippen LogP contribution in [0.25, 0.3) is 0 Å². The van der Waals surface area contributed by atoms with Crippen molar-refractivity contribution >= 4 is 11.9 Å². The molecule has 1 saturated heterocycles. The Morgan fingerprint density at radius 2 is 1.81 bits per heavy atom. The number of likely N-dealkylation sites (tertiary alicyclic amines) is 1. The number of amides is 1. The van der Waals surface area contributed by atoms with E-state index < -0.39 is 12.0 Å². The molecule has 0 radical (unpaired) electrons. The Bertz CT molecular complexity index is 568. The predicted molar refractivity (Wildman–Crippen MR) is 106 cm³/mol. The summed E-state index contributed by atoms with van der Waals surface area (Å²) in [7, 11) is 2.07. The smallest absolute Gasteiger partial charge is 0.326 e. The van der Waals surface area contributed by atoms with Crippen LogP contribution in [0.2, 0.25) is 0 Å². The molecule has 3 fully saturated rings. The Kier molecular flexibility index (Phi) is 5.90. The largest absolute Gasteiger partial charge is 0.480 e. The van der Waals surface area contributed by atoms with Crippen molar-refractivity contribution in [3.05, 3.63) is 0 Å². The second-order valence-electron chi connectivity index (χ2n) is 10.2. The molecule has 2 aliphatic carbocycles. The molecule has 0 aromatic heterocycles. The minimum atomic E-state index is -0.825. The molecule has 1 N–H and O–H groups in total. The maximum Gasteiger partial charge on any atom is 0.326 e. The van der Waals surface area contributed by atoms with E-state index in [1.54, 1.807) is 4.90 Å². The van der Waals surface area contributed by atoms with Gasteiger partial charge in [-0.1, -0.05) is 47.0 Å². The van der Waals surface area contributed by atoms with Crippen molar-refractivity contribution in [2.24, 2.45) is 29.1 Å². The lowest BCUT2D eigenvalue weighted by atomic mass is 9.82. The van der Waals surface area contributed by atoms with Crippen LogP contribution < -0.4 is 0 Å². The molecule has 1 aliphatic heterocycles. The molecule has 4 atom stereocenters. The van der Waals surface area contributed by atoms with Gasteiger partial charge >= 0.3 is 5.97 Å². The molecule has 5 nitrogen and oxygen atoms in total. The number of aliphatic carboxylic acids is 1. The summed E-state index contributed by atoms with van der Waals surface area (Å²) in [5.74, 6) is 0.670. The van der Waals surface area contributed by atoms with Crippen LogP contribution >= 0.6 is 0 Å². The van der Waals surface area contributed by atoms with Gasteiger partial charge in [0.1, 0.15) is 6.04 Å². The highest BCUT2D eigenvalue weighted by Gasteiger charge is 2.70. The molecule has 2 saturated carbocycles. The van der Waals surface area contributed by atoms with Gasteiger partial charge < -0.3 is 10.0 Å². The van der Waals surface area contributed by atoms with E-state index >= 15 is 0 Å². The van der Waals surface area contributed by atoms with Gasteiger partial charge in [-0.15, -0.1) is 0 Å². The highest BCUT2D eigenvalue weighted by molar-refractivity contribution is 5.89. The molecule has 0 aromatic rings. The Labute approximate surface area is 164 Å². The van der Waals surface area contributed by atoms with E-state index in [4.69, 9.17) is 0 Å². The monoisotopic (exact) mass is 378 g/mol. The molecule has 1 heterocycles. The van der Waals surface area contributed by atoms with Crippen molar-refractivity contribution in [3.63, 3.8) is 0 Å². The van der Waals surface area contributed by atoms with Gasteiger partial charge in [-0.2, -0.15) is 0 Å². The second-order valence-corrected chi connectivity index (χ2v) is 10.2. The number of carboxylic acid groups (broad SMARTS) is 1. The van der Waals surface area contributed by atoms with Crippen LogP contribution in [0.4, 0.5) is 0 Å². The lowest BCUT2D eigenvalue weighted by Crippen LogP contribution is -2.56. The van der Waals surface area contributed by atoms with E-state index in [1.165, 1.54) is 19.3 Å². The standard InChI is InChI=1S/C22H38N2O3/c1-14(2)11-12-23(5)18(15-9-7-6-8-10-15)20(25)24-13-16-17(22(16,3)4)19(24)21(26)27/h14-19H,6-13H2,1-5H3,(H,26,27). The number of likely N-dealkylation sites (N-methyl/N-ethyl adjacent to an activating group) is 1. The minimum absolute atomic E-state index is 0.0592. The number of rotatable bonds is 7. The van der Waals surface area contributed by atoms with Crippen molar-refractivity contribution < 1.29 is 14.7 Å². The molecule has 3 rings (SSSR count). The van der Waals surface area contributed by atoms with E-state index in [9.17, 15) is 14.7 Å². The number of carbonyl (C=O) groups excluding carboxylic acids is 1. The maximum absolute atomic E-state index is 13.6. The predicted octanol–water partition coefficient (Wildman–Crippen LogP) is 3.48. The lowest BCUT2D eigenvalue weighted by molar-refractivity contribution is -0.153. The molecule has 0 bridgehead atoms. The molecule has 0 spiro atoms. The summed E-state index contributed by atoms with van der Waals surface area (Å²) in [6, 6.07) is -0.798. The fourth-order valence-corrected chi connectivity index (χ4v) is 5.77. The van der Waals surface area contributed by atoms with E-state index in [0.29, 0.717) is 24.3 Å². The van der Waals surface area contributed by atoms with Crippen LogP contribution in [-0.2, 0) is 9.59 Å². The SMILES string of the molecule is CC(C)CCN(C)C(C(=O)N1CC2C(C1C(=O)O)C2(C)C)C1CCCCC1. The highest BCUT2D eigenvalue weighted by Crippen LogP contribution is 2.65. The van der Waals surface area contributed by atoms with Crippen molar-refractivity contribution in [1.29, 1.82) is 0 Å². The van der Waals surface area contributed by atoms with Crippen LogP contribution in [0.3, 0.4) is 0 Å². The number of nitrogens with zero attached hydrogens (tertiary/aromatic N) is 2. The first-order valence-electron chi connectivity index (χ1n) is 10.9. The quantitative estimate of drug-likeness (QED) is 0.737. The van der Waals surface area contributed by atoms with Crippen LogP contribution in [0.1, 0.15) is 66.2 Å². The molecule has 154 valence electrons. The molecule has 1 amide bonds. The van der Waals surface area contributed by atoms with E-state index in [2.05, 4.69) is 39.6 Å². The van der Waals surface area contributed by atoms with Crippen molar-refractivity contribution in [2.45, 2.75) is 78.3 Å². The third-order valence-corrected chi connectivity index (χ3v) is 7.63. The number of hydrogen-bond donors (Lipinski definition) is 1. The first-order valence-corrected chi connectivity index (χ1v) is 10.9. The molecule has 4 unspecified atom stereocenters. The summed E-state index contributed by atoms with van der Waals surface area (Å²) < 4.78 is 0. The summed E-state index contributed by atoms with van der Waals surface area (Å²) in [4.78, 5) is 29.6. The zero-order valence-corrected chi connectivity index (χ0v) is 17.8. The fourth-order valence-electron chi connectivity index (χ4n) is 5.77. The van der Waals surface area contributed by atoms with Crippen LogP contribution in [0.15, 0.2) is 0 Å². The topological polar surface area (TPSA) is 60.9 Å². The summed E-state index contributed by atoms with van der Waals surface area (Å²) in [5, 5.41) is 9.86. The molecular formula is C22H38N2O3. The first kappa shape index (κ1) is 20.6. The summed E-state index contributed by atoms with van der Waals surface area (Å²) in [6.45, 7) is 10.2. The Hall–Kier alpha value is -1.10. The van der Waals surface area contributed by atoms with Gasteiger partial charge in [-0.25, -0.2) is 4.79 Å². The third kappa shape index (κ3) is 3.90. The maximum atomic E-state index is 13.6. The van der Waals surface area contributed by atoms with Gasteiger partial charge in [0.2, 0.25) is 5.91 Å². The third-order valence-electron chi connectivity index (χ3n) is 7.63. The van der Waals surface area contributed by atoms with Gasteiger partial charge in [0.25, 0.3) is 0 Å². The Morgan fingerprint density at radius 1 is 1.19 bits per heavy atom. The van der Waals surface area contributed by atoms with Gasteiger partial charge in [0.15, 0.2) is 0 Å². The molecular weight excluding hydrogens is 340 g/mol. The summed E-state index contributed by atoms with van der Waals surface area (Å²) in [6.07, 6.45) is 6.87. The minimum Gasteiger partial charge on any atom is -0.480 e. The van der Waals surface area contributed by atoms with E-state index in [-0.39, 0.29) is 23.3 Å². The average Bonchev–Trinajstić information content (AvgIpc) is 2.97. The Morgan fingerprint density at radius 3 is 2.37 bits per heavy atom. The first-order chi connectivity index (χ1) is 12.7. The van der Waals surface area contributed by atoms with Gasteiger partial charge in [-0.05, 0) is 56.0 Å². The number of hydrogen-bond acceptors (Lipinski definition) is 3. The normalized spacial score (nSPS) is 31.2. The highest BCUT2D eigenvalue weighted by atomic mass is 16.4. The molecule has 3 aliphatic rings. The van der Waals surface area contributed by atoms with Crippen molar-refractivity contribution in [3.8, 4) is 0 Å². The number of fused-ring (bicyclic) bond motifs is 1. The zero-order chi connectivity index (χ0) is 19.9. The fraction of sp³-hybridized carbons (Fsp3) is 0.909. The van der Waals surface area contributed by atoms with Gasteiger partial charge in [0, 0.05) is 12.5 Å². The number of carboxylic acids is 1. The summed E-state index contributed by atoms with van der Waals surface area (Å²) >= 11 is 0. The number of piperidine rings is 1. The lowest BCUT2D eigenvalue weighted by Gasteiger charge is -2.40. The number of carbonyl (C=O) groups is 2. The molecule has 27 heavy (non-hydrogen) atoms. The van der Waals surface area contributed by atoms with Crippen LogP contribution in [0.5, 0.6) is 0 Å². The van der Waals surface area contributed by atoms with E-state index in [1.807, 2.05) is 0 Å².